The average Bonchev–Trinajstić information content (AvgIpc) is 2.73. The van der Waals surface area contributed by atoms with E-state index in [1.54, 1.807) is 7.11 Å². The molecule has 0 spiro atoms. The first kappa shape index (κ1) is 12.7. The van der Waals surface area contributed by atoms with E-state index in [-0.39, 0.29) is 0 Å². The lowest BCUT2D eigenvalue weighted by Gasteiger charge is -2.09. The Bertz CT molecular complexity index is 759. The fraction of sp³-hybridized carbons (Fsp3) is 0.235. The molecule has 3 heteroatoms. The number of aromatic nitrogens is 2. The third-order valence-electron chi connectivity index (χ3n) is 3.92. The van der Waals surface area contributed by atoms with Crippen molar-refractivity contribution in [3.63, 3.8) is 0 Å². The first-order valence-electron chi connectivity index (χ1n) is 6.73. The van der Waals surface area contributed by atoms with Gasteiger partial charge in [-0.05, 0) is 43.2 Å². The van der Waals surface area contributed by atoms with Gasteiger partial charge in [-0.2, -0.15) is 0 Å². The lowest BCUT2D eigenvalue weighted by Crippen LogP contribution is -2.02. The van der Waals surface area contributed by atoms with Crippen molar-refractivity contribution in [3.05, 3.63) is 59.5 Å². The minimum atomic E-state index is 0.832. The predicted octanol–water partition coefficient (Wildman–Crippen LogP) is 3.71. The van der Waals surface area contributed by atoms with Gasteiger partial charge in [-0.3, -0.25) is 4.98 Å². The van der Waals surface area contributed by atoms with Gasteiger partial charge >= 0.3 is 0 Å². The molecule has 0 radical (unpaired) electrons. The van der Waals surface area contributed by atoms with Crippen LogP contribution in [0.5, 0.6) is 5.75 Å². The van der Waals surface area contributed by atoms with Crippen molar-refractivity contribution < 1.29 is 4.74 Å². The van der Waals surface area contributed by atoms with E-state index in [1.807, 2.05) is 24.5 Å². The van der Waals surface area contributed by atoms with Crippen LogP contribution < -0.4 is 4.74 Å². The molecule has 0 atom stereocenters. The molecule has 0 aliphatic carbocycles. The fourth-order valence-electron chi connectivity index (χ4n) is 2.65. The maximum absolute atomic E-state index is 5.29. The summed E-state index contributed by atoms with van der Waals surface area (Å²) in [5, 5.41) is 1.28. The summed E-state index contributed by atoms with van der Waals surface area (Å²) in [6, 6.07) is 10.3. The van der Waals surface area contributed by atoms with E-state index in [0.29, 0.717) is 0 Å². The van der Waals surface area contributed by atoms with Gasteiger partial charge < -0.3 is 9.30 Å². The molecule has 102 valence electrons. The Labute approximate surface area is 118 Å². The Morgan fingerprint density at radius 3 is 2.85 bits per heavy atom. The molecule has 0 aliphatic rings. The van der Waals surface area contributed by atoms with Crippen molar-refractivity contribution in [3.8, 4) is 5.75 Å². The summed E-state index contributed by atoms with van der Waals surface area (Å²) in [6.07, 6.45) is 3.79. The maximum atomic E-state index is 5.29. The van der Waals surface area contributed by atoms with Gasteiger partial charge in [0.05, 0.1) is 18.8 Å². The second-order valence-electron chi connectivity index (χ2n) is 5.04. The number of nitrogens with zero attached hydrogens (tertiary/aromatic N) is 2. The van der Waals surface area contributed by atoms with E-state index in [0.717, 1.165) is 12.3 Å². The van der Waals surface area contributed by atoms with Crippen LogP contribution >= 0.6 is 0 Å². The van der Waals surface area contributed by atoms with Crippen molar-refractivity contribution in [2.75, 3.05) is 7.11 Å². The van der Waals surface area contributed by atoms with Crippen molar-refractivity contribution >= 4 is 10.9 Å². The lowest BCUT2D eigenvalue weighted by atomic mass is 10.2. The minimum absolute atomic E-state index is 0.832. The summed E-state index contributed by atoms with van der Waals surface area (Å²) in [5.41, 5.74) is 5.03. The number of fused-ring (bicyclic) bond motifs is 1. The Balaban J connectivity index is 2.08. The van der Waals surface area contributed by atoms with Gasteiger partial charge in [-0.25, -0.2) is 0 Å². The molecule has 3 nitrogen and oxygen atoms in total. The molecule has 0 N–H and O–H groups in total. The van der Waals surface area contributed by atoms with E-state index in [4.69, 9.17) is 4.74 Å². The molecule has 3 rings (SSSR count). The third kappa shape index (κ3) is 2.05. The Morgan fingerprint density at radius 1 is 1.20 bits per heavy atom. The molecule has 2 aromatic heterocycles. The molecule has 0 unspecified atom stereocenters. The number of ether oxygens (including phenoxy) is 1. The second kappa shape index (κ2) is 5.00. The van der Waals surface area contributed by atoms with Gasteiger partial charge in [0.1, 0.15) is 5.75 Å². The number of benzene rings is 1. The minimum Gasteiger partial charge on any atom is -0.497 e. The molecular weight excluding hydrogens is 248 g/mol. The monoisotopic (exact) mass is 266 g/mol. The zero-order valence-corrected chi connectivity index (χ0v) is 12.1. The van der Waals surface area contributed by atoms with Gasteiger partial charge in [-0.15, -0.1) is 0 Å². The maximum Gasteiger partial charge on any atom is 0.119 e. The molecule has 3 aromatic rings. The van der Waals surface area contributed by atoms with Crippen LogP contribution in [0, 0.1) is 13.8 Å². The van der Waals surface area contributed by atoms with Crippen LogP contribution in [0.15, 0.2) is 42.7 Å². The van der Waals surface area contributed by atoms with Crippen molar-refractivity contribution in [2.24, 2.45) is 0 Å². The van der Waals surface area contributed by atoms with E-state index < -0.39 is 0 Å². The van der Waals surface area contributed by atoms with Crippen molar-refractivity contribution in [2.45, 2.75) is 20.4 Å². The number of methoxy groups -OCH3 is 1. The van der Waals surface area contributed by atoms with Gasteiger partial charge in [0.15, 0.2) is 0 Å². The first-order valence-corrected chi connectivity index (χ1v) is 6.73. The summed E-state index contributed by atoms with van der Waals surface area (Å²) in [6.45, 7) is 5.16. The standard InChI is InChI=1S/C17H18N2O/c1-12-13(2)19(17-10-18-8-7-16(12)17)11-14-5-4-6-15(9-14)20-3/h4-10H,11H2,1-3H3. The highest BCUT2D eigenvalue weighted by Gasteiger charge is 2.11. The molecule has 1 aromatic carbocycles. The second-order valence-corrected chi connectivity index (χ2v) is 5.04. The Morgan fingerprint density at radius 2 is 2.05 bits per heavy atom. The molecule has 0 aliphatic heterocycles. The Hall–Kier alpha value is -2.29. The van der Waals surface area contributed by atoms with Crippen molar-refractivity contribution in [1.29, 1.82) is 0 Å². The molecule has 2 heterocycles. The summed E-state index contributed by atoms with van der Waals surface area (Å²) in [5.74, 6) is 0.895. The highest BCUT2D eigenvalue weighted by Crippen LogP contribution is 2.25. The van der Waals surface area contributed by atoms with Crippen LogP contribution in [-0.4, -0.2) is 16.7 Å². The van der Waals surface area contributed by atoms with Crippen LogP contribution in [-0.2, 0) is 6.54 Å². The summed E-state index contributed by atoms with van der Waals surface area (Å²) < 4.78 is 7.61. The molecule has 0 amide bonds. The summed E-state index contributed by atoms with van der Waals surface area (Å²) >= 11 is 0. The Kier molecular flexibility index (Phi) is 3.18. The largest absolute Gasteiger partial charge is 0.497 e. The smallest absolute Gasteiger partial charge is 0.119 e. The topological polar surface area (TPSA) is 27.1 Å². The number of aryl methyl sites for hydroxylation is 1. The highest BCUT2D eigenvalue weighted by molar-refractivity contribution is 5.84. The number of pyridine rings is 1. The molecule has 0 saturated carbocycles. The van der Waals surface area contributed by atoms with Crippen molar-refractivity contribution in [1.82, 2.24) is 9.55 Å². The SMILES string of the molecule is COc1cccc(Cn2c(C)c(C)c3ccncc32)c1. The normalized spacial score (nSPS) is 10.9. The van der Waals surface area contributed by atoms with Gasteiger partial charge in [0.25, 0.3) is 0 Å². The quantitative estimate of drug-likeness (QED) is 0.722. The van der Waals surface area contributed by atoms with E-state index in [1.165, 1.54) is 27.7 Å². The first-order chi connectivity index (χ1) is 9.70. The van der Waals surface area contributed by atoms with Crippen LogP contribution in [0.4, 0.5) is 0 Å². The number of rotatable bonds is 3. The molecule has 20 heavy (non-hydrogen) atoms. The number of hydrogen-bond acceptors (Lipinski definition) is 2. The highest BCUT2D eigenvalue weighted by atomic mass is 16.5. The van der Waals surface area contributed by atoms with Crippen LogP contribution in [0.25, 0.3) is 10.9 Å². The molecule has 0 bridgehead atoms. The van der Waals surface area contributed by atoms with Gasteiger partial charge in [0.2, 0.25) is 0 Å². The molecular formula is C17H18N2O. The zero-order chi connectivity index (χ0) is 14.1. The van der Waals surface area contributed by atoms with E-state index >= 15 is 0 Å². The summed E-state index contributed by atoms with van der Waals surface area (Å²) in [7, 11) is 1.70. The van der Waals surface area contributed by atoms with Crippen LogP contribution in [0.3, 0.4) is 0 Å². The number of hydrogen-bond donors (Lipinski definition) is 0. The van der Waals surface area contributed by atoms with Crippen LogP contribution in [0.2, 0.25) is 0 Å². The summed E-state index contributed by atoms with van der Waals surface area (Å²) in [4.78, 5) is 4.26. The average molecular weight is 266 g/mol. The van der Waals surface area contributed by atoms with E-state index in [9.17, 15) is 0 Å². The molecule has 0 saturated heterocycles. The third-order valence-corrected chi connectivity index (χ3v) is 3.92. The lowest BCUT2D eigenvalue weighted by molar-refractivity contribution is 0.414. The van der Waals surface area contributed by atoms with Gasteiger partial charge in [0, 0.05) is 23.8 Å². The zero-order valence-electron chi connectivity index (χ0n) is 12.1. The van der Waals surface area contributed by atoms with Crippen LogP contribution in [0.1, 0.15) is 16.8 Å². The van der Waals surface area contributed by atoms with Gasteiger partial charge in [-0.1, -0.05) is 12.1 Å². The van der Waals surface area contributed by atoms with E-state index in [2.05, 4.69) is 41.6 Å². The fourth-order valence-corrected chi connectivity index (χ4v) is 2.65. The predicted molar refractivity (Wildman–Crippen MR) is 81.3 cm³/mol. The molecule has 0 fully saturated rings.